The summed E-state index contributed by atoms with van der Waals surface area (Å²) < 4.78 is 6.63. The van der Waals surface area contributed by atoms with Crippen LogP contribution in [0.15, 0.2) is 12.3 Å². The summed E-state index contributed by atoms with van der Waals surface area (Å²) in [6.07, 6.45) is 0.928. The zero-order valence-electron chi connectivity index (χ0n) is 7.56. The molecule has 0 aromatic carbocycles. The molecule has 0 aliphatic carbocycles. The van der Waals surface area contributed by atoms with E-state index in [1.165, 1.54) is 0 Å². The van der Waals surface area contributed by atoms with Crippen LogP contribution >= 0.6 is 0 Å². The first-order valence-corrected chi connectivity index (χ1v) is 3.85. The smallest absolute Gasteiger partial charge is 0.124 e. The second-order valence-electron chi connectivity index (χ2n) is 2.80. The molecule has 2 atom stereocenters. The van der Waals surface area contributed by atoms with Gasteiger partial charge in [-0.15, -0.1) is 0 Å². The van der Waals surface area contributed by atoms with Crippen LogP contribution in [0.4, 0.5) is 0 Å². The van der Waals surface area contributed by atoms with Gasteiger partial charge in [-0.25, -0.2) is 0 Å². The number of aromatic nitrogens is 2. The first-order valence-electron chi connectivity index (χ1n) is 3.85. The Kier molecular flexibility index (Phi) is 2.83. The van der Waals surface area contributed by atoms with Crippen molar-refractivity contribution in [2.24, 2.45) is 7.05 Å². The Balaban J connectivity index is 2.70. The molecule has 68 valence electrons. The highest BCUT2D eigenvalue weighted by atomic mass is 16.5. The van der Waals surface area contributed by atoms with Crippen molar-refractivity contribution in [2.45, 2.75) is 19.1 Å². The van der Waals surface area contributed by atoms with E-state index in [-0.39, 0.29) is 6.10 Å². The summed E-state index contributed by atoms with van der Waals surface area (Å²) in [4.78, 5) is 0. The number of ether oxygens (including phenoxy) is 1. The fourth-order valence-electron chi connectivity index (χ4n) is 0.960. The molecule has 1 aromatic rings. The maximum absolute atomic E-state index is 9.60. The van der Waals surface area contributed by atoms with Crippen LogP contribution in [0.25, 0.3) is 0 Å². The molecule has 0 radical (unpaired) electrons. The van der Waals surface area contributed by atoms with Crippen LogP contribution in [0.3, 0.4) is 0 Å². The third-order valence-electron chi connectivity index (χ3n) is 1.85. The number of rotatable bonds is 3. The molecule has 1 heterocycles. The molecule has 2 unspecified atom stereocenters. The Labute approximate surface area is 71.8 Å². The molecule has 4 nitrogen and oxygen atoms in total. The molecular formula is C8H14N2O2. The van der Waals surface area contributed by atoms with Gasteiger partial charge in [0, 0.05) is 20.4 Å². The minimum absolute atomic E-state index is 0.222. The molecule has 0 spiro atoms. The maximum atomic E-state index is 9.60. The van der Waals surface area contributed by atoms with E-state index in [2.05, 4.69) is 5.10 Å². The van der Waals surface area contributed by atoms with E-state index in [1.807, 2.05) is 7.05 Å². The lowest BCUT2D eigenvalue weighted by Crippen LogP contribution is -2.17. The van der Waals surface area contributed by atoms with Crippen LogP contribution in [-0.2, 0) is 11.8 Å². The lowest BCUT2D eigenvalue weighted by molar-refractivity contribution is -0.00383. The van der Waals surface area contributed by atoms with Gasteiger partial charge in [-0.3, -0.25) is 4.68 Å². The number of methoxy groups -OCH3 is 1. The molecule has 4 heteroatoms. The number of aryl methyl sites for hydroxylation is 1. The Bertz CT molecular complexity index is 247. The highest BCUT2D eigenvalue weighted by molar-refractivity contribution is 5.04. The van der Waals surface area contributed by atoms with Crippen molar-refractivity contribution in [3.05, 3.63) is 18.0 Å². The van der Waals surface area contributed by atoms with E-state index < -0.39 is 6.10 Å². The van der Waals surface area contributed by atoms with Gasteiger partial charge in [-0.1, -0.05) is 0 Å². The Hall–Kier alpha value is -0.870. The van der Waals surface area contributed by atoms with Crippen molar-refractivity contribution in [1.82, 2.24) is 9.78 Å². The Morgan fingerprint density at radius 1 is 1.67 bits per heavy atom. The highest BCUT2D eigenvalue weighted by Crippen LogP contribution is 2.15. The Morgan fingerprint density at radius 3 is 2.75 bits per heavy atom. The molecule has 0 aliphatic rings. The van der Waals surface area contributed by atoms with Gasteiger partial charge in [0.1, 0.15) is 6.10 Å². The number of aliphatic hydroxyl groups excluding tert-OH is 1. The van der Waals surface area contributed by atoms with E-state index in [0.717, 1.165) is 0 Å². The van der Waals surface area contributed by atoms with E-state index in [9.17, 15) is 5.11 Å². The number of aliphatic hydroxyl groups is 1. The van der Waals surface area contributed by atoms with Crippen LogP contribution in [0.2, 0.25) is 0 Å². The molecule has 12 heavy (non-hydrogen) atoms. The van der Waals surface area contributed by atoms with E-state index in [4.69, 9.17) is 4.74 Å². The van der Waals surface area contributed by atoms with Crippen LogP contribution in [0.5, 0.6) is 0 Å². The molecular weight excluding hydrogens is 156 g/mol. The Morgan fingerprint density at radius 2 is 2.33 bits per heavy atom. The van der Waals surface area contributed by atoms with Crippen LogP contribution in [-0.4, -0.2) is 28.1 Å². The second kappa shape index (κ2) is 3.69. The highest BCUT2D eigenvalue weighted by Gasteiger charge is 2.17. The monoisotopic (exact) mass is 170 g/mol. The van der Waals surface area contributed by atoms with Gasteiger partial charge in [0.2, 0.25) is 0 Å². The van der Waals surface area contributed by atoms with Gasteiger partial charge >= 0.3 is 0 Å². The van der Waals surface area contributed by atoms with Gasteiger partial charge in [0.25, 0.3) is 0 Å². The average molecular weight is 170 g/mol. The largest absolute Gasteiger partial charge is 0.384 e. The third-order valence-corrected chi connectivity index (χ3v) is 1.85. The summed E-state index contributed by atoms with van der Waals surface area (Å²) in [5.74, 6) is 0. The summed E-state index contributed by atoms with van der Waals surface area (Å²) in [5, 5.41) is 13.7. The van der Waals surface area contributed by atoms with Gasteiger partial charge < -0.3 is 9.84 Å². The molecule has 0 saturated carbocycles. The van der Waals surface area contributed by atoms with Crippen LogP contribution in [0, 0.1) is 0 Å². The molecule has 0 saturated heterocycles. The fourth-order valence-corrected chi connectivity index (χ4v) is 0.960. The van der Waals surface area contributed by atoms with Gasteiger partial charge in [-0.05, 0) is 13.0 Å². The summed E-state index contributed by atoms with van der Waals surface area (Å²) in [6.45, 7) is 1.80. The van der Waals surface area contributed by atoms with Crippen molar-refractivity contribution in [3.8, 4) is 0 Å². The SMILES string of the molecule is COC(C)C(O)c1ccn(C)n1. The van der Waals surface area contributed by atoms with Gasteiger partial charge in [0.05, 0.1) is 11.8 Å². The average Bonchev–Trinajstić information content (AvgIpc) is 2.49. The van der Waals surface area contributed by atoms with Crippen molar-refractivity contribution < 1.29 is 9.84 Å². The number of hydrogen-bond donors (Lipinski definition) is 1. The summed E-state index contributed by atoms with van der Waals surface area (Å²) in [5.41, 5.74) is 0.645. The third kappa shape index (κ3) is 1.84. The predicted molar refractivity (Wildman–Crippen MR) is 44.6 cm³/mol. The topological polar surface area (TPSA) is 47.3 Å². The molecule has 0 amide bonds. The lowest BCUT2D eigenvalue weighted by atomic mass is 10.2. The molecule has 1 aromatic heterocycles. The van der Waals surface area contributed by atoms with Crippen LogP contribution < -0.4 is 0 Å². The molecule has 0 fully saturated rings. The zero-order valence-corrected chi connectivity index (χ0v) is 7.56. The fraction of sp³-hybridized carbons (Fsp3) is 0.625. The normalized spacial score (nSPS) is 16.0. The van der Waals surface area contributed by atoms with Crippen molar-refractivity contribution in [3.63, 3.8) is 0 Å². The second-order valence-corrected chi connectivity index (χ2v) is 2.80. The maximum Gasteiger partial charge on any atom is 0.124 e. The minimum Gasteiger partial charge on any atom is -0.384 e. The molecule has 0 bridgehead atoms. The lowest BCUT2D eigenvalue weighted by Gasteiger charge is -2.14. The molecule has 1 N–H and O–H groups in total. The standard InChI is InChI=1S/C8H14N2O2/c1-6(12-3)8(11)7-4-5-10(2)9-7/h4-6,8,11H,1-3H3. The van der Waals surface area contributed by atoms with Crippen LogP contribution in [0.1, 0.15) is 18.7 Å². The number of hydrogen-bond acceptors (Lipinski definition) is 3. The first kappa shape index (κ1) is 9.22. The van der Waals surface area contributed by atoms with Crippen molar-refractivity contribution >= 4 is 0 Å². The van der Waals surface area contributed by atoms with E-state index in [1.54, 1.807) is 31.0 Å². The summed E-state index contributed by atoms with van der Waals surface area (Å²) >= 11 is 0. The summed E-state index contributed by atoms with van der Waals surface area (Å²) in [6, 6.07) is 1.78. The predicted octanol–water partition coefficient (Wildman–Crippen LogP) is 0.488. The van der Waals surface area contributed by atoms with Gasteiger partial charge in [-0.2, -0.15) is 5.10 Å². The van der Waals surface area contributed by atoms with Crippen molar-refractivity contribution in [2.75, 3.05) is 7.11 Å². The van der Waals surface area contributed by atoms with E-state index >= 15 is 0 Å². The number of nitrogens with zero attached hydrogens (tertiary/aromatic N) is 2. The molecule has 0 aliphatic heterocycles. The summed E-state index contributed by atoms with van der Waals surface area (Å²) in [7, 11) is 3.38. The quantitative estimate of drug-likeness (QED) is 0.718. The first-order chi connectivity index (χ1) is 5.65. The van der Waals surface area contributed by atoms with Crippen molar-refractivity contribution in [1.29, 1.82) is 0 Å². The van der Waals surface area contributed by atoms with Gasteiger partial charge in [0.15, 0.2) is 0 Å². The van der Waals surface area contributed by atoms with E-state index in [0.29, 0.717) is 5.69 Å². The zero-order chi connectivity index (χ0) is 9.14. The molecule has 1 rings (SSSR count). The minimum atomic E-state index is -0.642.